The number of phenolic OH excluding ortho intramolecular Hbond substituents is 1. The monoisotopic (exact) mass is 314 g/mol. The van der Waals surface area contributed by atoms with E-state index in [0.717, 1.165) is 23.8 Å². The molecule has 0 heterocycles. The van der Waals surface area contributed by atoms with E-state index < -0.39 is 10.8 Å². The summed E-state index contributed by atoms with van der Waals surface area (Å²) in [5.41, 5.74) is 0.497. The Labute approximate surface area is 132 Å². The summed E-state index contributed by atoms with van der Waals surface area (Å²) in [6, 6.07) is 10.5. The van der Waals surface area contributed by atoms with Crippen LogP contribution < -0.4 is 10.1 Å². The van der Waals surface area contributed by atoms with Crippen LogP contribution in [0.1, 0.15) is 5.56 Å². The minimum Gasteiger partial charge on any atom is -0.506 e. The summed E-state index contributed by atoms with van der Waals surface area (Å²) in [7, 11) is 1.54. The first-order valence-corrected chi connectivity index (χ1v) is 6.60. The fourth-order valence-corrected chi connectivity index (χ4v) is 1.83. The lowest BCUT2D eigenvalue weighted by molar-refractivity contribution is -0.384. The molecule has 2 aromatic rings. The molecular weight excluding hydrogens is 300 g/mol. The summed E-state index contributed by atoms with van der Waals surface area (Å²) in [6.45, 7) is 0. The molecule has 0 fully saturated rings. The highest BCUT2D eigenvalue weighted by Gasteiger charge is 2.11. The van der Waals surface area contributed by atoms with E-state index in [9.17, 15) is 20.0 Å². The lowest BCUT2D eigenvalue weighted by atomic mass is 10.2. The fraction of sp³-hybridized carbons (Fsp3) is 0.0625. The zero-order valence-electron chi connectivity index (χ0n) is 12.2. The fourth-order valence-electron chi connectivity index (χ4n) is 1.83. The Morgan fingerprint density at radius 1 is 1.30 bits per heavy atom. The molecule has 0 atom stereocenters. The van der Waals surface area contributed by atoms with Gasteiger partial charge in [-0.15, -0.1) is 0 Å². The van der Waals surface area contributed by atoms with Crippen LogP contribution in [0.5, 0.6) is 11.5 Å². The third-order valence-electron chi connectivity index (χ3n) is 2.97. The number of nitrogens with zero attached hydrogens (tertiary/aromatic N) is 1. The van der Waals surface area contributed by atoms with Crippen molar-refractivity contribution in [1.82, 2.24) is 0 Å². The zero-order valence-corrected chi connectivity index (χ0v) is 12.2. The van der Waals surface area contributed by atoms with Gasteiger partial charge in [0.15, 0.2) is 0 Å². The van der Waals surface area contributed by atoms with E-state index in [1.54, 1.807) is 37.5 Å². The number of nitrogens with one attached hydrogen (secondary N) is 1. The van der Waals surface area contributed by atoms with Crippen molar-refractivity contribution in [2.24, 2.45) is 0 Å². The summed E-state index contributed by atoms with van der Waals surface area (Å²) < 4.78 is 5.08. The molecule has 7 heteroatoms. The van der Waals surface area contributed by atoms with E-state index in [1.807, 2.05) is 0 Å². The normalized spacial score (nSPS) is 10.5. The first kappa shape index (κ1) is 16.0. The first-order valence-electron chi connectivity index (χ1n) is 6.60. The average molecular weight is 314 g/mol. The number of aromatic hydroxyl groups is 1. The highest BCUT2D eigenvalue weighted by Crippen LogP contribution is 2.27. The number of benzene rings is 2. The second-order valence-electron chi connectivity index (χ2n) is 4.56. The number of nitro benzene ring substituents is 1. The van der Waals surface area contributed by atoms with E-state index in [-0.39, 0.29) is 17.1 Å². The van der Waals surface area contributed by atoms with Crippen LogP contribution in [0.4, 0.5) is 11.4 Å². The van der Waals surface area contributed by atoms with E-state index in [0.29, 0.717) is 5.75 Å². The number of amides is 1. The number of ether oxygens (including phenoxy) is 1. The number of carbonyl (C=O) groups excluding carboxylic acids is 1. The van der Waals surface area contributed by atoms with Crippen LogP contribution in [-0.2, 0) is 4.79 Å². The summed E-state index contributed by atoms with van der Waals surface area (Å²) >= 11 is 0. The number of phenols is 1. The van der Waals surface area contributed by atoms with Crippen LogP contribution in [0.25, 0.3) is 6.08 Å². The van der Waals surface area contributed by atoms with E-state index in [2.05, 4.69) is 5.32 Å². The van der Waals surface area contributed by atoms with Gasteiger partial charge in [-0.05, 0) is 29.8 Å². The first-order chi connectivity index (χ1) is 11.0. The topological polar surface area (TPSA) is 102 Å². The van der Waals surface area contributed by atoms with Crippen molar-refractivity contribution >= 4 is 23.4 Å². The number of rotatable bonds is 5. The highest BCUT2D eigenvalue weighted by atomic mass is 16.6. The number of carbonyl (C=O) groups is 1. The summed E-state index contributed by atoms with van der Waals surface area (Å²) in [5, 5.41) is 22.7. The molecule has 0 saturated heterocycles. The van der Waals surface area contributed by atoms with Crippen LogP contribution in [0.3, 0.4) is 0 Å². The maximum atomic E-state index is 11.9. The Morgan fingerprint density at radius 2 is 2.09 bits per heavy atom. The Kier molecular flexibility index (Phi) is 4.93. The van der Waals surface area contributed by atoms with Gasteiger partial charge < -0.3 is 15.2 Å². The van der Waals surface area contributed by atoms with Crippen LogP contribution in [-0.4, -0.2) is 23.0 Å². The largest absolute Gasteiger partial charge is 0.506 e. The number of hydrogen-bond donors (Lipinski definition) is 2. The van der Waals surface area contributed by atoms with Crippen molar-refractivity contribution in [2.45, 2.75) is 0 Å². The lowest BCUT2D eigenvalue weighted by Gasteiger charge is -2.05. The van der Waals surface area contributed by atoms with Gasteiger partial charge in [0.1, 0.15) is 11.5 Å². The summed E-state index contributed by atoms with van der Waals surface area (Å²) in [6.07, 6.45) is 2.82. The van der Waals surface area contributed by atoms with Gasteiger partial charge in [0.25, 0.3) is 5.69 Å². The highest BCUT2D eigenvalue weighted by molar-refractivity contribution is 6.02. The molecule has 2 rings (SSSR count). The van der Waals surface area contributed by atoms with E-state index in [1.165, 1.54) is 6.08 Å². The molecule has 0 aromatic heterocycles. The van der Waals surface area contributed by atoms with Crippen LogP contribution in [0, 0.1) is 10.1 Å². The standard InChI is InChI=1S/C16H14N2O5/c1-23-13-4-2-3-11(9-13)5-8-16(20)17-14-10-12(18(21)22)6-7-15(14)19/h2-10,19H,1H3,(H,17,20)/b8-5+. The lowest BCUT2D eigenvalue weighted by Crippen LogP contribution is -2.08. The average Bonchev–Trinajstić information content (AvgIpc) is 2.55. The van der Waals surface area contributed by atoms with Crippen LogP contribution in [0.15, 0.2) is 48.5 Å². The second-order valence-corrected chi connectivity index (χ2v) is 4.56. The van der Waals surface area contributed by atoms with Gasteiger partial charge in [0, 0.05) is 18.2 Å². The molecule has 2 aromatic carbocycles. The van der Waals surface area contributed by atoms with Crippen molar-refractivity contribution in [2.75, 3.05) is 12.4 Å². The Hall–Kier alpha value is -3.35. The summed E-state index contributed by atoms with van der Waals surface area (Å²) in [4.78, 5) is 22.0. The predicted octanol–water partition coefficient (Wildman–Crippen LogP) is 2.96. The molecular formula is C16H14N2O5. The molecule has 0 unspecified atom stereocenters. The molecule has 1 amide bonds. The van der Waals surface area contributed by atoms with Crippen molar-refractivity contribution in [3.8, 4) is 11.5 Å². The van der Waals surface area contributed by atoms with Gasteiger partial charge in [0.05, 0.1) is 17.7 Å². The maximum Gasteiger partial charge on any atom is 0.271 e. The van der Waals surface area contributed by atoms with Gasteiger partial charge in [-0.25, -0.2) is 0 Å². The molecule has 2 N–H and O–H groups in total. The molecule has 0 bridgehead atoms. The molecule has 118 valence electrons. The van der Waals surface area contributed by atoms with Gasteiger partial charge in [0.2, 0.25) is 5.91 Å². The molecule has 0 radical (unpaired) electrons. The maximum absolute atomic E-state index is 11.9. The SMILES string of the molecule is COc1cccc(/C=C/C(=O)Nc2cc([N+](=O)[O-])ccc2O)c1. The molecule has 0 aliphatic heterocycles. The Bertz CT molecular complexity index is 771. The van der Waals surface area contributed by atoms with E-state index in [4.69, 9.17) is 4.74 Å². The molecule has 0 aliphatic carbocycles. The Morgan fingerprint density at radius 3 is 2.78 bits per heavy atom. The molecule has 23 heavy (non-hydrogen) atoms. The molecule has 0 aliphatic rings. The second kappa shape index (κ2) is 7.08. The third kappa shape index (κ3) is 4.31. The number of anilines is 1. The quantitative estimate of drug-likeness (QED) is 0.382. The van der Waals surface area contributed by atoms with E-state index >= 15 is 0 Å². The van der Waals surface area contributed by atoms with Crippen molar-refractivity contribution < 1.29 is 19.6 Å². The van der Waals surface area contributed by atoms with Crippen molar-refractivity contribution in [3.63, 3.8) is 0 Å². The molecule has 7 nitrogen and oxygen atoms in total. The smallest absolute Gasteiger partial charge is 0.271 e. The van der Waals surface area contributed by atoms with Crippen molar-refractivity contribution in [3.05, 3.63) is 64.2 Å². The minimum absolute atomic E-state index is 0.0282. The van der Waals surface area contributed by atoms with Crippen LogP contribution in [0.2, 0.25) is 0 Å². The van der Waals surface area contributed by atoms with Gasteiger partial charge in [-0.1, -0.05) is 12.1 Å². The van der Waals surface area contributed by atoms with Gasteiger partial charge in [-0.3, -0.25) is 14.9 Å². The molecule has 0 spiro atoms. The predicted molar refractivity (Wildman–Crippen MR) is 85.4 cm³/mol. The molecule has 0 saturated carbocycles. The number of hydrogen-bond acceptors (Lipinski definition) is 5. The van der Waals surface area contributed by atoms with Gasteiger partial charge >= 0.3 is 0 Å². The number of methoxy groups -OCH3 is 1. The minimum atomic E-state index is -0.610. The Balaban J connectivity index is 2.11. The summed E-state index contributed by atoms with van der Waals surface area (Å²) in [5.74, 6) is -0.119. The van der Waals surface area contributed by atoms with Crippen LogP contribution >= 0.6 is 0 Å². The van der Waals surface area contributed by atoms with Crippen molar-refractivity contribution in [1.29, 1.82) is 0 Å². The number of nitro groups is 1. The zero-order chi connectivity index (χ0) is 16.8. The van der Waals surface area contributed by atoms with Gasteiger partial charge in [-0.2, -0.15) is 0 Å². The number of non-ortho nitro benzene ring substituents is 1. The third-order valence-corrected chi connectivity index (χ3v) is 2.97.